The molecule has 5 heteroatoms. The van der Waals surface area contributed by atoms with Crippen LogP contribution in [0.2, 0.25) is 0 Å². The van der Waals surface area contributed by atoms with Gasteiger partial charge in [0.15, 0.2) is 0 Å². The van der Waals surface area contributed by atoms with Gasteiger partial charge in [0.25, 0.3) is 0 Å². The fourth-order valence-electron chi connectivity index (χ4n) is 2.47. The van der Waals surface area contributed by atoms with Crippen LogP contribution in [0.25, 0.3) is 0 Å². The molecule has 1 atom stereocenters. The lowest BCUT2D eigenvalue weighted by atomic mass is 9.76. The van der Waals surface area contributed by atoms with Crippen LogP contribution in [-0.4, -0.2) is 43.1 Å². The van der Waals surface area contributed by atoms with Gasteiger partial charge in [0.2, 0.25) is 0 Å². The number of nitrogens with one attached hydrogen (secondary N) is 1. The number of likely N-dealkylation sites (tertiary alicyclic amines) is 1. The van der Waals surface area contributed by atoms with E-state index in [9.17, 15) is 9.59 Å². The summed E-state index contributed by atoms with van der Waals surface area (Å²) in [5.74, 6) is 5.45. The van der Waals surface area contributed by atoms with Crippen molar-refractivity contribution in [1.29, 1.82) is 0 Å². The highest BCUT2D eigenvalue weighted by molar-refractivity contribution is 5.81. The molecule has 1 heterocycles. The van der Waals surface area contributed by atoms with Crippen molar-refractivity contribution in [3.63, 3.8) is 0 Å². The van der Waals surface area contributed by atoms with Crippen LogP contribution in [-0.2, 0) is 9.53 Å². The van der Waals surface area contributed by atoms with Crippen LogP contribution in [0.5, 0.6) is 0 Å². The molecule has 1 aliphatic heterocycles. The second kappa shape index (κ2) is 7.18. The Hall–Kier alpha value is -1.70. The highest BCUT2D eigenvalue weighted by atomic mass is 16.5. The summed E-state index contributed by atoms with van der Waals surface area (Å²) in [6.45, 7) is 9.21. The van der Waals surface area contributed by atoms with Gasteiger partial charge in [0.1, 0.15) is 0 Å². The number of carbonyl (C=O) groups is 2. The molecule has 0 aromatic rings. The number of nitrogens with zero attached hydrogens (tertiary/aromatic N) is 1. The van der Waals surface area contributed by atoms with Crippen molar-refractivity contribution in [3.8, 4) is 11.8 Å². The summed E-state index contributed by atoms with van der Waals surface area (Å²) < 4.78 is 5.20. The third kappa shape index (κ3) is 3.44. The normalized spacial score (nSPS) is 21.4. The Labute approximate surface area is 121 Å². The van der Waals surface area contributed by atoms with Crippen LogP contribution in [0, 0.1) is 23.2 Å². The first-order chi connectivity index (χ1) is 9.47. The average Bonchev–Trinajstić information content (AvgIpc) is 2.85. The second-order valence-corrected chi connectivity index (χ2v) is 5.29. The zero-order chi connectivity index (χ0) is 15.2. The zero-order valence-electron chi connectivity index (χ0n) is 12.8. The average molecular weight is 280 g/mol. The van der Waals surface area contributed by atoms with Crippen LogP contribution < -0.4 is 5.32 Å². The van der Waals surface area contributed by atoms with Crippen molar-refractivity contribution < 1.29 is 14.3 Å². The van der Waals surface area contributed by atoms with Crippen LogP contribution in [0.1, 0.15) is 34.1 Å². The number of esters is 1. The Bertz CT molecular complexity index is 423. The molecule has 0 unspecified atom stereocenters. The molecule has 5 nitrogen and oxygen atoms in total. The topological polar surface area (TPSA) is 58.6 Å². The summed E-state index contributed by atoms with van der Waals surface area (Å²) in [5.41, 5.74) is -0.580. The Morgan fingerprint density at radius 3 is 2.70 bits per heavy atom. The van der Waals surface area contributed by atoms with Gasteiger partial charge in [-0.2, -0.15) is 0 Å². The first-order valence-electron chi connectivity index (χ1n) is 7.07. The minimum absolute atomic E-state index is 0.134. The summed E-state index contributed by atoms with van der Waals surface area (Å²) in [5, 5.41) is 2.73. The van der Waals surface area contributed by atoms with E-state index in [-0.39, 0.29) is 17.9 Å². The third-order valence-electron chi connectivity index (χ3n) is 3.88. The standard InChI is InChI=1S/C15H24N2O3/c1-5-7-9-16-14(19)17-10-8-15(11-17,12(3)4)13(18)20-6-2/h12H,6,8-11H2,1-4H3,(H,16,19)/t15-/m0/s1. The van der Waals surface area contributed by atoms with Crippen molar-refractivity contribution in [2.75, 3.05) is 26.2 Å². The number of hydrogen-bond donors (Lipinski definition) is 1. The Morgan fingerprint density at radius 2 is 2.15 bits per heavy atom. The van der Waals surface area contributed by atoms with Crippen LogP contribution in [0.3, 0.4) is 0 Å². The number of amides is 2. The molecule has 20 heavy (non-hydrogen) atoms. The molecule has 0 spiro atoms. The maximum Gasteiger partial charge on any atom is 0.318 e. The van der Waals surface area contributed by atoms with Crippen molar-refractivity contribution >= 4 is 12.0 Å². The monoisotopic (exact) mass is 280 g/mol. The van der Waals surface area contributed by atoms with E-state index in [4.69, 9.17) is 4.74 Å². The number of ether oxygens (including phenoxy) is 1. The van der Waals surface area contributed by atoms with Gasteiger partial charge in [0.05, 0.1) is 18.6 Å². The number of rotatable bonds is 4. The maximum atomic E-state index is 12.2. The van der Waals surface area contributed by atoms with Crippen molar-refractivity contribution in [2.45, 2.75) is 34.1 Å². The second-order valence-electron chi connectivity index (χ2n) is 5.29. The molecule has 1 aliphatic rings. The largest absolute Gasteiger partial charge is 0.466 e. The van der Waals surface area contributed by atoms with E-state index >= 15 is 0 Å². The summed E-state index contributed by atoms with van der Waals surface area (Å²) >= 11 is 0. The van der Waals surface area contributed by atoms with Crippen LogP contribution in [0.4, 0.5) is 4.79 Å². The van der Waals surface area contributed by atoms with E-state index in [1.54, 1.807) is 18.7 Å². The Kier molecular flexibility index (Phi) is 5.87. The first kappa shape index (κ1) is 16.4. The number of urea groups is 1. The van der Waals surface area contributed by atoms with E-state index in [0.29, 0.717) is 32.7 Å². The third-order valence-corrected chi connectivity index (χ3v) is 3.88. The number of hydrogen-bond acceptors (Lipinski definition) is 3. The van der Waals surface area contributed by atoms with Gasteiger partial charge in [-0.1, -0.05) is 19.8 Å². The van der Waals surface area contributed by atoms with E-state index in [0.717, 1.165) is 0 Å². The molecule has 0 aliphatic carbocycles. The Balaban J connectivity index is 2.71. The smallest absolute Gasteiger partial charge is 0.318 e. The molecule has 0 aromatic carbocycles. The van der Waals surface area contributed by atoms with E-state index < -0.39 is 5.41 Å². The molecule has 0 aromatic heterocycles. The van der Waals surface area contributed by atoms with Crippen LogP contribution >= 0.6 is 0 Å². The quantitative estimate of drug-likeness (QED) is 0.629. The molecule has 0 saturated carbocycles. The summed E-state index contributed by atoms with van der Waals surface area (Å²) in [6.07, 6.45) is 0.649. The Morgan fingerprint density at radius 1 is 1.45 bits per heavy atom. The SMILES string of the molecule is CC#CCNC(=O)N1CC[C@@](C(=O)OCC)(C(C)C)C1. The van der Waals surface area contributed by atoms with Gasteiger partial charge in [-0.15, -0.1) is 5.92 Å². The van der Waals surface area contributed by atoms with E-state index in [2.05, 4.69) is 17.2 Å². The molecule has 1 fully saturated rings. The van der Waals surface area contributed by atoms with E-state index in [1.165, 1.54) is 0 Å². The highest BCUT2D eigenvalue weighted by Gasteiger charge is 2.49. The van der Waals surface area contributed by atoms with E-state index in [1.807, 2.05) is 13.8 Å². The molecular formula is C15H24N2O3. The predicted molar refractivity (Wildman–Crippen MR) is 76.9 cm³/mol. The van der Waals surface area contributed by atoms with Gasteiger partial charge in [-0.3, -0.25) is 4.79 Å². The maximum absolute atomic E-state index is 12.2. The summed E-state index contributed by atoms with van der Waals surface area (Å²) in [4.78, 5) is 25.9. The molecule has 1 rings (SSSR count). The molecule has 0 bridgehead atoms. The zero-order valence-corrected chi connectivity index (χ0v) is 12.8. The van der Waals surface area contributed by atoms with Crippen LogP contribution in [0.15, 0.2) is 0 Å². The van der Waals surface area contributed by atoms with Gasteiger partial charge in [-0.25, -0.2) is 4.79 Å². The van der Waals surface area contributed by atoms with Gasteiger partial charge >= 0.3 is 12.0 Å². The minimum atomic E-state index is -0.580. The summed E-state index contributed by atoms with van der Waals surface area (Å²) in [7, 11) is 0. The predicted octanol–water partition coefficient (Wildman–Crippen LogP) is 1.63. The van der Waals surface area contributed by atoms with Crippen molar-refractivity contribution in [1.82, 2.24) is 10.2 Å². The molecular weight excluding hydrogens is 256 g/mol. The molecule has 112 valence electrons. The fraction of sp³-hybridized carbons (Fsp3) is 0.733. The first-order valence-corrected chi connectivity index (χ1v) is 7.07. The van der Waals surface area contributed by atoms with Gasteiger partial charge < -0.3 is 15.0 Å². The highest BCUT2D eigenvalue weighted by Crippen LogP contribution is 2.39. The molecule has 1 N–H and O–H groups in total. The van der Waals surface area contributed by atoms with Crippen molar-refractivity contribution in [2.24, 2.45) is 11.3 Å². The molecule has 0 radical (unpaired) electrons. The lowest BCUT2D eigenvalue weighted by Crippen LogP contribution is -2.44. The molecule has 2 amide bonds. The number of carbonyl (C=O) groups excluding carboxylic acids is 2. The van der Waals surface area contributed by atoms with Gasteiger partial charge in [-0.05, 0) is 26.2 Å². The lowest BCUT2D eigenvalue weighted by molar-refractivity contribution is -0.157. The lowest BCUT2D eigenvalue weighted by Gasteiger charge is -2.30. The molecule has 1 saturated heterocycles. The van der Waals surface area contributed by atoms with Gasteiger partial charge in [0, 0.05) is 13.1 Å². The van der Waals surface area contributed by atoms with Crippen molar-refractivity contribution in [3.05, 3.63) is 0 Å². The summed E-state index contributed by atoms with van der Waals surface area (Å²) in [6, 6.07) is -0.167. The fourth-order valence-corrected chi connectivity index (χ4v) is 2.47. The minimum Gasteiger partial charge on any atom is -0.466 e.